The van der Waals surface area contributed by atoms with Gasteiger partial charge in [0, 0.05) is 18.5 Å². The van der Waals surface area contributed by atoms with Crippen LogP contribution in [-0.4, -0.2) is 42.7 Å². The summed E-state index contributed by atoms with van der Waals surface area (Å²) < 4.78 is 34.0. The number of rotatable bonds is 5. The van der Waals surface area contributed by atoms with Crippen molar-refractivity contribution >= 4 is 26.8 Å². The summed E-state index contributed by atoms with van der Waals surface area (Å²) in [6.07, 6.45) is 2.79. The molecule has 0 saturated carbocycles. The van der Waals surface area contributed by atoms with E-state index < -0.39 is 15.8 Å². The first-order chi connectivity index (χ1) is 14.3. The number of H-pyrrole nitrogens is 1. The van der Waals surface area contributed by atoms with Gasteiger partial charge in [0.1, 0.15) is 22.8 Å². The molecule has 0 aliphatic rings. The van der Waals surface area contributed by atoms with Gasteiger partial charge in [-0.15, -0.1) is 0 Å². The quantitative estimate of drug-likeness (QED) is 0.488. The van der Waals surface area contributed by atoms with E-state index in [1.54, 1.807) is 18.3 Å². The van der Waals surface area contributed by atoms with Crippen molar-refractivity contribution in [3.8, 4) is 23.0 Å². The van der Waals surface area contributed by atoms with Crippen molar-refractivity contribution in [2.45, 2.75) is 4.90 Å². The zero-order valence-corrected chi connectivity index (χ0v) is 16.9. The lowest BCUT2D eigenvalue weighted by Crippen LogP contribution is -2.04. The first-order valence-electron chi connectivity index (χ1n) is 8.86. The second-order valence-corrected chi connectivity index (χ2v) is 8.52. The summed E-state index contributed by atoms with van der Waals surface area (Å²) in [7, 11) is -2.04. The Morgan fingerprint density at radius 2 is 1.83 bits per heavy atom. The van der Waals surface area contributed by atoms with Crippen molar-refractivity contribution < 1.29 is 22.7 Å². The summed E-state index contributed by atoms with van der Waals surface area (Å²) in [5, 5.41) is 0. The van der Waals surface area contributed by atoms with Gasteiger partial charge < -0.3 is 14.5 Å². The van der Waals surface area contributed by atoms with Gasteiger partial charge in [0.2, 0.25) is 0 Å². The van der Waals surface area contributed by atoms with Gasteiger partial charge in [0.05, 0.1) is 23.0 Å². The van der Waals surface area contributed by atoms with E-state index in [0.717, 1.165) is 6.26 Å². The first kappa shape index (κ1) is 19.6. The number of imidazole rings is 1. The van der Waals surface area contributed by atoms with Crippen molar-refractivity contribution in [1.82, 2.24) is 15.0 Å². The third-order valence-electron chi connectivity index (χ3n) is 4.38. The number of pyridine rings is 1. The molecule has 8 nitrogen and oxygen atoms in total. The minimum atomic E-state index is -3.32. The number of carbonyl (C=O) groups is 1. The number of nitrogens with zero attached hydrogens (tertiary/aromatic N) is 2. The summed E-state index contributed by atoms with van der Waals surface area (Å²) in [4.78, 5) is 24.4. The highest BCUT2D eigenvalue weighted by Gasteiger charge is 2.18. The lowest BCUT2D eigenvalue weighted by atomic mass is 10.1. The Balaban J connectivity index is 1.76. The average Bonchev–Trinajstić information content (AvgIpc) is 3.16. The molecular formula is C21H17N3O5S. The standard InChI is InChI=1S/C21H17N3O5S/c1-28-21(25)15-11-17-18(24-20(23-17)16-5-3-4-10-22-16)12-19(15)29-13-6-8-14(9-7-13)30(2,26)27/h3-12H,1-2H3,(H,23,24). The summed E-state index contributed by atoms with van der Waals surface area (Å²) >= 11 is 0. The summed E-state index contributed by atoms with van der Waals surface area (Å²) in [5.41, 5.74) is 2.06. The predicted molar refractivity (Wildman–Crippen MR) is 110 cm³/mol. The first-order valence-corrected chi connectivity index (χ1v) is 10.8. The highest BCUT2D eigenvalue weighted by Crippen LogP contribution is 2.31. The predicted octanol–water partition coefficient (Wildman–Crippen LogP) is 3.61. The lowest BCUT2D eigenvalue weighted by molar-refractivity contribution is 0.0598. The number of aromatic nitrogens is 3. The number of ether oxygens (including phenoxy) is 2. The Hall–Kier alpha value is -3.72. The zero-order chi connectivity index (χ0) is 21.3. The van der Waals surface area contributed by atoms with Crippen LogP contribution in [0, 0.1) is 0 Å². The second kappa shape index (κ2) is 7.60. The van der Waals surface area contributed by atoms with Crippen LogP contribution in [0.2, 0.25) is 0 Å². The number of hydrogen-bond donors (Lipinski definition) is 1. The van der Waals surface area contributed by atoms with Gasteiger partial charge in [0.15, 0.2) is 15.7 Å². The molecule has 152 valence electrons. The maximum Gasteiger partial charge on any atom is 0.341 e. The van der Waals surface area contributed by atoms with Gasteiger partial charge >= 0.3 is 5.97 Å². The monoisotopic (exact) mass is 423 g/mol. The molecule has 0 aliphatic carbocycles. The second-order valence-electron chi connectivity index (χ2n) is 6.50. The molecule has 0 bridgehead atoms. The third kappa shape index (κ3) is 3.87. The van der Waals surface area contributed by atoms with Crippen LogP contribution in [0.3, 0.4) is 0 Å². The van der Waals surface area contributed by atoms with Crippen LogP contribution in [-0.2, 0) is 14.6 Å². The van der Waals surface area contributed by atoms with Gasteiger partial charge in [-0.2, -0.15) is 0 Å². The minimum absolute atomic E-state index is 0.172. The number of hydrogen-bond acceptors (Lipinski definition) is 7. The molecule has 0 fully saturated rings. The average molecular weight is 423 g/mol. The van der Waals surface area contributed by atoms with Crippen molar-refractivity contribution in [3.05, 3.63) is 66.4 Å². The molecule has 0 atom stereocenters. The van der Waals surface area contributed by atoms with E-state index in [0.29, 0.717) is 28.3 Å². The van der Waals surface area contributed by atoms with Crippen LogP contribution in [0.5, 0.6) is 11.5 Å². The fraction of sp³-hybridized carbons (Fsp3) is 0.0952. The Labute approximate surface area is 172 Å². The van der Waals surface area contributed by atoms with Crippen molar-refractivity contribution in [1.29, 1.82) is 0 Å². The van der Waals surface area contributed by atoms with Crippen LogP contribution in [0.4, 0.5) is 0 Å². The van der Waals surface area contributed by atoms with E-state index >= 15 is 0 Å². The summed E-state index contributed by atoms with van der Waals surface area (Å²) in [6.45, 7) is 0. The largest absolute Gasteiger partial charge is 0.465 e. The van der Waals surface area contributed by atoms with E-state index in [9.17, 15) is 13.2 Å². The Kier molecular flexibility index (Phi) is 4.96. The fourth-order valence-corrected chi connectivity index (χ4v) is 3.53. The molecule has 4 rings (SSSR count). The number of methoxy groups -OCH3 is 1. The zero-order valence-electron chi connectivity index (χ0n) is 16.1. The van der Waals surface area contributed by atoms with Gasteiger partial charge in [-0.1, -0.05) is 6.07 Å². The maximum absolute atomic E-state index is 12.3. The van der Waals surface area contributed by atoms with E-state index in [-0.39, 0.29) is 16.2 Å². The summed E-state index contributed by atoms with van der Waals surface area (Å²) in [5.74, 6) is 0.581. The molecule has 2 heterocycles. The molecule has 2 aromatic carbocycles. The molecule has 0 saturated heterocycles. The smallest absolute Gasteiger partial charge is 0.341 e. The van der Waals surface area contributed by atoms with Crippen LogP contribution in [0.1, 0.15) is 10.4 Å². The molecule has 2 aromatic heterocycles. The van der Waals surface area contributed by atoms with Crippen LogP contribution in [0.15, 0.2) is 65.7 Å². The normalized spacial score (nSPS) is 11.4. The van der Waals surface area contributed by atoms with Crippen molar-refractivity contribution in [2.24, 2.45) is 0 Å². The van der Waals surface area contributed by atoms with Gasteiger partial charge in [-0.3, -0.25) is 4.98 Å². The lowest BCUT2D eigenvalue weighted by Gasteiger charge is -2.10. The van der Waals surface area contributed by atoms with Crippen LogP contribution >= 0.6 is 0 Å². The molecule has 9 heteroatoms. The van der Waals surface area contributed by atoms with Crippen molar-refractivity contribution in [3.63, 3.8) is 0 Å². The van der Waals surface area contributed by atoms with E-state index in [4.69, 9.17) is 9.47 Å². The summed E-state index contributed by atoms with van der Waals surface area (Å²) in [6, 6.07) is 14.6. The fourth-order valence-electron chi connectivity index (χ4n) is 2.90. The molecular weight excluding hydrogens is 406 g/mol. The number of benzene rings is 2. The van der Waals surface area contributed by atoms with Gasteiger partial charge in [0.25, 0.3) is 0 Å². The molecule has 0 aliphatic heterocycles. The van der Waals surface area contributed by atoms with E-state index in [1.165, 1.54) is 31.4 Å². The Bertz CT molecular complexity index is 1330. The van der Waals surface area contributed by atoms with E-state index in [2.05, 4.69) is 15.0 Å². The molecule has 0 radical (unpaired) electrons. The number of carbonyl (C=O) groups excluding carboxylic acids is 1. The topological polar surface area (TPSA) is 111 Å². The SMILES string of the molecule is COC(=O)c1cc2[nH]c(-c3ccccn3)nc2cc1Oc1ccc(S(C)(=O)=O)cc1. The number of fused-ring (bicyclic) bond motifs is 1. The highest BCUT2D eigenvalue weighted by atomic mass is 32.2. The molecule has 0 unspecified atom stereocenters. The minimum Gasteiger partial charge on any atom is -0.465 e. The Morgan fingerprint density at radius 3 is 2.47 bits per heavy atom. The number of nitrogens with one attached hydrogen (secondary N) is 1. The maximum atomic E-state index is 12.3. The van der Waals surface area contributed by atoms with Gasteiger partial charge in [-0.05, 0) is 42.5 Å². The number of esters is 1. The molecule has 0 spiro atoms. The third-order valence-corrected chi connectivity index (χ3v) is 5.50. The molecule has 0 amide bonds. The van der Waals surface area contributed by atoms with Crippen LogP contribution < -0.4 is 4.74 Å². The van der Waals surface area contributed by atoms with Crippen molar-refractivity contribution in [2.75, 3.05) is 13.4 Å². The number of sulfone groups is 1. The van der Waals surface area contributed by atoms with E-state index in [1.807, 2.05) is 18.2 Å². The highest BCUT2D eigenvalue weighted by molar-refractivity contribution is 7.90. The molecule has 4 aromatic rings. The van der Waals surface area contributed by atoms with Crippen LogP contribution in [0.25, 0.3) is 22.6 Å². The number of aromatic amines is 1. The molecule has 1 N–H and O–H groups in total. The molecule has 30 heavy (non-hydrogen) atoms. The Morgan fingerprint density at radius 1 is 1.07 bits per heavy atom. The van der Waals surface area contributed by atoms with Gasteiger partial charge in [-0.25, -0.2) is 18.2 Å².